The summed E-state index contributed by atoms with van der Waals surface area (Å²) < 4.78 is 0. The van der Waals surface area contributed by atoms with Crippen molar-refractivity contribution in [2.24, 2.45) is 47.3 Å². The van der Waals surface area contributed by atoms with E-state index in [-0.39, 0.29) is 30.8 Å². The molecular weight excluding hydrogens is 694 g/mol. The molecule has 278 valence electrons. The van der Waals surface area contributed by atoms with Crippen LogP contribution in [0.2, 0.25) is 0 Å². The summed E-state index contributed by atoms with van der Waals surface area (Å²) >= 11 is 0. The van der Waals surface area contributed by atoms with Gasteiger partial charge in [0.2, 0.25) is 0 Å². The molecule has 0 amide bonds. The first-order chi connectivity index (χ1) is 24.5. The van der Waals surface area contributed by atoms with Gasteiger partial charge in [0, 0.05) is 25.6 Å². The van der Waals surface area contributed by atoms with Crippen LogP contribution in [0, 0.1) is 53.8 Å². The average molecular weight is 755 g/mol. The second kappa shape index (κ2) is 15.9. The number of aromatic hydroxyl groups is 1. The number of benzene rings is 1. The van der Waals surface area contributed by atoms with E-state index in [1.807, 2.05) is 0 Å². The maximum Gasteiger partial charge on any atom is 0.335 e. The number of carbonyl (C=O) groups is 1. The van der Waals surface area contributed by atoms with Crippen LogP contribution in [0.1, 0.15) is 107 Å². The molecule has 11 nitrogen and oxygen atoms in total. The number of phenolic OH excluding ortho intramolecular Hbond substituents is 1. The van der Waals surface area contributed by atoms with Crippen LogP contribution >= 0.6 is 0 Å². The zero-order chi connectivity index (χ0) is 33.8. The quantitative estimate of drug-likeness (QED) is 0.152. The largest absolute Gasteiger partial charge is 0.508 e. The molecule has 16 atom stereocenters. The average Bonchev–Trinajstić information content (AvgIpc) is 3.88. The van der Waals surface area contributed by atoms with Gasteiger partial charge >= 0.3 is 5.97 Å². The molecule has 5 aliphatic heterocycles. The van der Waals surface area contributed by atoms with Crippen molar-refractivity contribution in [3.8, 4) is 5.75 Å². The molecule has 8 bridgehead atoms. The van der Waals surface area contributed by atoms with Gasteiger partial charge in [0.25, 0.3) is 0 Å². The van der Waals surface area contributed by atoms with E-state index < -0.39 is 5.97 Å². The van der Waals surface area contributed by atoms with Crippen molar-refractivity contribution in [3.05, 3.63) is 36.2 Å². The maximum atomic E-state index is 10.2. The SMILES string of the molecule is O=C(O)c1ccc(O)cc1.[CH-]1CCCC2C3NC(NC4NC(NC5NC(NC6NC(N3)C3CCCCC63)C3CCCCC53)C3CCCCC43)C12.[Zn]. The molecule has 1 aromatic rings. The number of fused-ring (bicyclic) bond motifs is 20. The Morgan fingerprint density at radius 1 is 0.490 bits per heavy atom. The molecule has 51 heavy (non-hydrogen) atoms. The van der Waals surface area contributed by atoms with Crippen LogP contribution in [0.15, 0.2) is 24.3 Å². The van der Waals surface area contributed by atoms with Gasteiger partial charge in [-0.1, -0.05) is 51.4 Å². The summed E-state index contributed by atoms with van der Waals surface area (Å²) in [5, 5.41) is 50.8. The Hall–Kier alpha value is -1.21. The van der Waals surface area contributed by atoms with Crippen molar-refractivity contribution in [3.63, 3.8) is 0 Å². The fourth-order valence-electron chi connectivity index (χ4n) is 12.3. The van der Waals surface area contributed by atoms with Crippen LogP contribution in [0.3, 0.4) is 0 Å². The van der Waals surface area contributed by atoms with E-state index in [1.165, 1.54) is 121 Å². The van der Waals surface area contributed by atoms with Crippen LogP contribution in [0.5, 0.6) is 5.75 Å². The molecule has 16 unspecified atom stereocenters. The van der Waals surface area contributed by atoms with E-state index in [0.717, 1.165) is 35.5 Å². The molecule has 4 saturated carbocycles. The minimum Gasteiger partial charge on any atom is -0.508 e. The Bertz CT molecular complexity index is 1130. The fraction of sp³-hybridized carbons (Fsp3) is 0.795. The van der Waals surface area contributed by atoms with Gasteiger partial charge in [-0.05, 0) is 104 Å². The van der Waals surface area contributed by atoms with Crippen molar-refractivity contribution in [1.82, 2.24) is 42.5 Å². The molecule has 5 heterocycles. The first-order valence-electron chi connectivity index (χ1n) is 20.4. The molecule has 0 radical (unpaired) electrons. The third-order valence-electron chi connectivity index (χ3n) is 14.7. The molecule has 12 heteroatoms. The van der Waals surface area contributed by atoms with Crippen molar-refractivity contribution < 1.29 is 34.5 Å². The summed E-state index contributed by atoms with van der Waals surface area (Å²) in [5.41, 5.74) is 0.179. The Morgan fingerprint density at radius 2 is 0.804 bits per heavy atom. The monoisotopic (exact) mass is 753 g/mol. The van der Waals surface area contributed by atoms with Crippen molar-refractivity contribution >= 4 is 5.97 Å². The number of carboxylic acids is 1. The topological polar surface area (TPSA) is 154 Å². The smallest absolute Gasteiger partial charge is 0.335 e. The Kier molecular flexibility index (Phi) is 11.4. The number of hydrogen-bond donors (Lipinski definition) is 10. The van der Waals surface area contributed by atoms with Gasteiger partial charge < -0.3 is 16.6 Å². The molecule has 0 aromatic heterocycles. The van der Waals surface area contributed by atoms with E-state index in [9.17, 15) is 4.79 Å². The normalized spacial score (nSPS) is 47.0. The van der Waals surface area contributed by atoms with Crippen LogP contribution in [-0.2, 0) is 19.5 Å². The first kappa shape index (κ1) is 36.8. The third-order valence-corrected chi connectivity index (χ3v) is 14.7. The fourth-order valence-corrected chi connectivity index (χ4v) is 12.3. The number of nitrogens with one attached hydrogen (secondary N) is 8. The summed E-state index contributed by atoms with van der Waals surface area (Å²) in [6.45, 7) is 0. The van der Waals surface area contributed by atoms with Gasteiger partial charge in [-0.15, -0.1) is 5.92 Å². The predicted molar refractivity (Wildman–Crippen MR) is 192 cm³/mol. The van der Waals surface area contributed by atoms with Crippen LogP contribution in [-0.4, -0.2) is 65.5 Å². The Morgan fingerprint density at radius 3 is 1.16 bits per heavy atom. The van der Waals surface area contributed by atoms with Crippen LogP contribution in [0.25, 0.3) is 0 Å². The van der Waals surface area contributed by atoms with Gasteiger partial charge in [0.1, 0.15) is 5.75 Å². The van der Waals surface area contributed by atoms with E-state index >= 15 is 0 Å². The molecule has 4 aliphatic carbocycles. The number of carboxylic acid groups (broad SMARTS) is 1. The van der Waals surface area contributed by atoms with E-state index in [1.54, 1.807) is 0 Å². The number of phenols is 1. The van der Waals surface area contributed by atoms with E-state index in [4.69, 9.17) is 10.2 Å². The summed E-state index contributed by atoms with van der Waals surface area (Å²) in [4.78, 5) is 10.2. The molecule has 1 aromatic carbocycles. The summed E-state index contributed by atoms with van der Waals surface area (Å²) in [6, 6.07) is 5.36. The second-order valence-corrected chi connectivity index (χ2v) is 17.3. The van der Waals surface area contributed by atoms with Crippen LogP contribution in [0.4, 0.5) is 0 Å². The standard InChI is InChI=1S/C32H55N8.C7H6O3.Zn/c1-2-10-18-17(9-1)25-33-26(18)38-28-21-13-5-6-14-22(21)30(35-28)40-32-24-16-8-7-15-23(24)31(36-32)39-29-20-12-4-3-11-19(20)27(34-29)37-25;8-6-3-1-5(2-4-6)7(9)10;/h9,17-40H,1-8,10-16H2;1-4,8H,(H,9,10);/q-1;;. The summed E-state index contributed by atoms with van der Waals surface area (Å²) in [6.07, 6.45) is 26.4. The first-order valence-corrected chi connectivity index (χ1v) is 20.4. The maximum absolute atomic E-state index is 10.2. The molecule has 9 aliphatic rings. The summed E-state index contributed by atoms with van der Waals surface area (Å²) in [5.74, 6) is 4.83. The molecule has 0 spiro atoms. The number of hydrogen-bond acceptors (Lipinski definition) is 10. The second-order valence-electron chi connectivity index (χ2n) is 17.3. The molecule has 5 saturated heterocycles. The van der Waals surface area contributed by atoms with Crippen molar-refractivity contribution in [1.29, 1.82) is 0 Å². The van der Waals surface area contributed by atoms with Gasteiger partial charge in [-0.2, -0.15) is 6.42 Å². The Balaban J connectivity index is 0.000000297. The van der Waals surface area contributed by atoms with Gasteiger partial charge in [-0.3, -0.25) is 42.5 Å². The number of rotatable bonds is 1. The minimum absolute atomic E-state index is 0. The van der Waals surface area contributed by atoms with Crippen molar-refractivity contribution in [2.45, 2.75) is 146 Å². The molecular formula is C39H61N8O3Zn-. The van der Waals surface area contributed by atoms with Gasteiger partial charge in [-0.25, -0.2) is 4.79 Å². The molecule has 10 rings (SSSR count). The van der Waals surface area contributed by atoms with E-state index in [2.05, 4.69) is 49.0 Å². The molecule has 9 fully saturated rings. The Labute approximate surface area is 316 Å². The summed E-state index contributed by atoms with van der Waals surface area (Å²) in [7, 11) is 0. The molecule has 10 N–H and O–H groups in total. The predicted octanol–water partition coefficient (Wildman–Crippen LogP) is 3.51. The van der Waals surface area contributed by atoms with Crippen LogP contribution < -0.4 is 42.5 Å². The minimum atomic E-state index is -0.986. The van der Waals surface area contributed by atoms with Gasteiger partial charge in [0.05, 0.1) is 48.7 Å². The van der Waals surface area contributed by atoms with Crippen molar-refractivity contribution in [2.75, 3.05) is 0 Å². The van der Waals surface area contributed by atoms with E-state index in [0.29, 0.717) is 61.2 Å². The number of aromatic carboxylic acids is 1. The zero-order valence-corrected chi connectivity index (χ0v) is 33.2. The zero-order valence-electron chi connectivity index (χ0n) is 30.2. The van der Waals surface area contributed by atoms with Gasteiger partial charge in [0.15, 0.2) is 0 Å². The third kappa shape index (κ3) is 7.32.